The van der Waals surface area contributed by atoms with Crippen LogP contribution in [0.2, 0.25) is 0 Å². The minimum atomic E-state index is -3.40. The molecule has 0 radical (unpaired) electrons. The molecule has 0 saturated heterocycles. The number of carbonyl (C=O) groups excluding carboxylic acids is 2. The summed E-state index contributed by atoms with van der Waals surface area (Å²) in [6.45, 7) is 7.75. The molecule has 5 nitrogen and oxygen atoms in total. The number of rotatable bonds is 31. The average molecular weight is 617 g/mol. The average Bonchev–Trinajstić information content (AvgIpc) is 2.96. The Morgan fingerprint density at radius 1 is 0.628 bits per heavy atom. The quantitative estimate of drug-likeness (QED) is 0.0574. The number of hydrogen-bond donors (Lipinski definition) is 0. The van der Waals surface area contributed by atoms with Gasteiger partial charge in [0.15, 0.2) is 0 Å². The molecule has 0 heterocycles. The van der Waals surface area contributed by atoms with Crippen molar-refractivity contribution < 1.29 is 23.1 Å². The Morgan fingerprint density at radius 3 is 1.58 bits per heavy atom. The van der Waals surface area contributed by atoms with Crippen LogP contribution in [0.15, 0.2) is 0 Å². The van der Waals surface area contributed by atoms with E-state index in [0.29, 0.717) is 19.3 Å². The first kappa shape index (κ1) is 41.8. The summed E-state index contributed by atoms with van der Waals surface area (Å²) < 4.78 is 32.5. The number of nitrogens with zero attached hydrogens (tertiary/aromatic N) is 2. The zero-order valence-corrected chi connectivity index (χ0v) is 29.0. The molecular weight excluding hydrogens is 546 g/mol. The number of esters is 1. The number of amides is 1. The fourth-order valence-corrected chi connectivity index (χ4v) is 5.83. The number of alkyl halides is 2. The van der Waals surface area contributed by atoms with E-state index in [2.05, 4.69) is 42.5 Å². The van der Waals surface area contributed by atoms with E-state index in [0.717, 1.165) is 58.0 Å². The van der Waals surface area contributed by atoms with Crippen molar-refractivity contribution in [3.05, 3.63) is 0 Å². The van der Waals surface area contributed by atoms with Crippen LogP contribution in [0, 0.1) is 0 Å². The van der Waals surface area contributed by atoms with Crippen molar-refractivity contribution >= 4 is 11.9 Å². The predicted octanol–water partition coefficient (Wildman–Crippen LogP) is 10.3. The number of halogens is 2. The molecule has 7 heteroatoms. The van der Waals surface area contributed by atoms with Crippen LogP contribution in [0.1, 0.15) is 175 Å². The van der Waals surface area contributed by atoms with Gasteiger partial charge >= 0.3 is 11.9 Å². The molecule has 1 atom stereocenters. The lowest BCUT2D eigenvalue weighted by Gasteiger charge is -2.33. The maximum atomic E-state index is 14.0. The van der Waals surface area contributed by atoms with Gasteiger partial charge in [-0.1, -0.05) is 123 Å². The zero-order valence-electron chi connectivity index (χ0n) is 29.0. The van der Waals surface area contributed by atoms with E-state index >= 15 is 0 Å². The lowest BCUT2D eigenvalue weighted by atomic mass is 9.97. The third kappa shape index (κ3) is 23.8. The highest BCUT2D eigenvalue weighted by Crippen LogP contribution is 2.25. The maximum absolute atomic E-state index is 14.0. The second-order valence-electron chi connectivity index (χ2n) is 12.9. The first-order valence-corrected chi connectivity index (χ1v) is 18.2. The molecule has 43 heavy (non-hydrogen) atoms. The number of carbonyl (C=O) groups is 2. The summed E-state index contributed by atoms with van der Waals surface area (Å²) in [5, 5.41) is 0. The molecule has 0 aliphatic carbocycles. The van der Waals surface area contributed by atoms with Crippen molar-refractivity contribution in [2.45, 2.75) is 187 Å². The van der Waals surface area contributed by atoms with Gasteiger partial charge in [0.05, 0.1) is 6.61 Å². The Balaban J connectivity index is 5.08. The first-order valence-electron chi connectivity index (χ1n) is 18.2. The summed E-state index contributed by atoms with van der Waals surface area (Å²) >= 11 is 0. The van der Waals surface area contributed by atoms with Crippen molar-refractivity contribution in [1.82, 2.24) is 9.80 Å². The van der Waals surface area contributed by atoms with Gasteiger partial charge in [0.2, 0.25) is 5.91 Å². The molecule has 0 bridgehead atoms. The molecule has 0 saturated carbocycles. The molecule has 0 spiro atoms. The second kappa shape index (κ2) is 28.2. The van der Waals surface area contributed by atoms with Gasteiger partial charge in [0.1, 0.15) is 0 Å². The minimum absolute atomic E-state index is 0.0299. The highest BCUT2D eigenvalue weighted by Gasteiger charge is 2.39. The van der Waals surface area contributed by atoms with Gasteiger partial charge in [-0.25, -0.2) is 4.79 Å². The van der Waals surface area contributed by atoms with E-state index in [1.807, 2.05) is 0 Å². The zero-order chi connectivity index (χ0) is 32.2. The van der Waals surface area contributed by atoms with Gasteiger partial charge in [0, 0.05) is 25.4 Å². The van der Waals surface area contributed by atoms with Crippen LogP contribution in [-0.2, 0) is 14.3 Å². The Labute approximate surface area is 265 Å². The molecule has 0 aromatic carbocycles. The van der Waals surface area contributed by atoms with Crippen LogP contribution in [0.3, 0.4) is 0 Å². The van der Waals surface area contributed by atoms with Crippen molar-refractivity contribution in [1.29, 1.82) is 0 Å². The molecule has 0 aromatic heterocycles. The summed E-state index contributed by atoms with van der Waals surface area (Å²) in [7, 11) is 4.10. The van der Waals surface area contributed by atoms with Crippen LogP contribution < -0.4 is 0 Å². The summed E-state index contributed by atoms with van der Waals surface area (Å²) in [6, 6.07) is 0.230. The molecule has 1 amide bonds. The third-order valence-corrected chi connectivity index (χ3v) is 8.50. The van der Waals surface area contributed by atoms with Crippen LogP contribution in [0.5, 0.6) is 0 Å². The van der Waals surface area contributed by atoms with Gasteiger partial charge in [-0.05, 0) is 59.7 Å². The number of ether oxygens (including phenoxy) is 1. The van der Waals surface area contributed by atoms with Gasteiger partial charge in [-0.15, -0.1) is 0 Å². The van der Waals surface area contributed by atoms with E-state index in [1.54, 1.807) is 6.92 Å². The summed E-state index contributed by atoms with van der Waals surface area (Å²) in [5.74, 6) is -4.53. The monoisotopic (exact) mass is 617 g/mol. The number of unbranched alkanes of at least 4 members (excludes halogenated alkanes) is 16. The normalized spacial score (nSPS) is 12.6. The largest absolute Gasteiger partial charge is 0.462 e. The van der Waals surface area contributed by atoms with Crippen molar-refractivity contribution in [3.63, 3.8) is 0 Å². The van der Waals surface area contributed by atoms with Crippen molar-refractivity contribution in [2.75, 3.05) is 33.8 Å². The van der Waals surface area contributed by atoms with Crippen molar-refractivity contribution in [2.24, 2.45) is 0 Å². The van der Waals surface area contributed by atoms with Gasteiger partial charge < -0.3 is 14.5 Å². The fraction of sp³-hybridized carbons (Fsp3) is 0.944. The molecule has 256 valence electrons. The molecule has 0 fully saturated rings. The lowest BCUT2D eigenvalue weighted by Crippen LogP contribution is -2.41. The van der Waals surface area contributed by atoms with Crippen LogP contribution in [-0.4, -0.2) is 67.4 Å². The van der Waals surface area contributed by atoms with Crippen molar-refractivity contribution in [3.8, 4) is 0 Å². The van der Waals surface area contributed by atoms with E-state index in [9.17, 15) is 18.4 Å². The van der Waals surface area contributed by atoms with Gasteiger partial charge in [-0.3, -0.25) is 4.79 Å². The van der Waals surface area contributed by atoms with Crippen LogP contribution in [0.25, 0.3) is 0 Å². The number of hydrogen-bond acceptors (Lipinski definition) is 4. The van der Waals surface area contributed by atoms with E-state index in [1.165, 1.54) is 83.5 Å². The second-order valence-corrected chi connectivity index (χ2v) is 12.9. The Kier molecular flexibility index (Phi) is 27.4. The summed E-state index contributed by atoms with van der Waals surface area (Å²) in [5.41, 5.74) is 0. The van der Waals surface area contributed by atoms with E-state index < -0.39 is 18.3 Å². The van der Waals surface area contributed by atoms with Gasteiger partial charge in [0.25, 0.3) is 0 Å². The predicted molar refractivity (Wildman–Crippen MR) is 178 cm³/mol. The van der Waals surface area contributed by atoms with Gasteiger partial charge in [-0.2, -0.15) is 8.78 Å². The molecule has 0 aromatic rings. The Hall–Kier alpha value is -1.24. The third-order valence-electron chi connectivity index (χ3n) is 8.50. The van der Waals surface area contributed by atoms with Crippen LogP contribution >= 0.6 is 0 Å². The minimum Gasteiger partial charge on any atom is -0.462 e. The molecule has 0 aliphatic rings. The van der Waals surface area contributed by atoms with E-state index in [-0.39, 0.29) is 18.6 Å². The topological polar surface area (TPSA) is 49.9 Å². The summed E-state index contributed by atoms with van der Waals surface area (Å²) in [4.78, 5) is 29.4. The van der Waals surface area contributed by atoms with Crippen LogP contribution in [0.4, 0.5) is 8.78 Å². The first-order chi connectivity index (χ1) is 20.7. The maximum Gasteiger partial charge on any atom is 0.376 e. The smallest absolute Gasteiger partial charge is 0.376 e. The van der Waals surface area contributed by atoms with E-state index in [4.69, 9.17) is 0 Å². The summed E-state index contributed by atoms with van der Waals surface area (Å²) in [6.07, 6.45) is 24.5. The molecule has 0 aliphatic heterocycles. The molecular formula is C36H70F2N2O3. The Bertz CT molecular complexity index is 660. The molecule has 1 unspecified atom stereocenters. The lowest BCUT2D eigenvalue weighted by molar-refractivity contribution is -0.172. The molecule has 0 N–H and O–H groups in total. The SMILES string of the molecule is CCCCCCCCCCN(C(=O)CCCN(C)C)C(CCCCCCCCC)CCCCCCC(F)(F)C(=O)OCC. The molecule has 0 rings (SSSR count). The fourth-order valence-electron chi connectivity index (χ4n) is 5.83. The standard InChI is InChI=1S/C36H70F2N2O3/c1-6-9-11-13-15-17-21-25-32-40(34(41)29-26-31-39(4)5)33(27-22-18-16-14-12-10-7-2)28-23-19-20-24-30-36(37,38)35(42)43-8-3/h33H,6-32H2,1-5H3. The highest BCUT2D eigenvalue weighted by molar-refractivity contribution is 5.77. The highest BCUT2D eigenvalue weighted by atomic mass is 19.3. The Morgan fingerprint density at radius 2 is 1.09 bits per heavy atom.